The summed E-state index contributed by atoms with van der Waals surface area (Å²) in [6.07, 6.45) is 1.03. The zero-order chi connectivity index (χ0) is 10.8. The molecule has 0 atom stereocenters. The first kappa shape index (κ1) is 13.4. The number of ether oxygens (including phenoxy) is 1. The van der Waals surface area contributed by atoms with Gasteiger partial charge in [-0.1, -0.05) is 0 Å². The molecule has 5 nitrogen and oxygen atoms in total. The van der Waals surface area contributed by atoms with Crippen molar-refractivity contribution < 1.29 is 19.7 Å². The number of esters is 1. The molecule has 84 valence electrons. The molecular formula is C9H19NO4. The molecule has 0 aliphatic rings. The van der Waals surface area contributed by atoms with Crippen LogP contribution >= 0.6 is 0 Å². The zero-order valence-corrected chi connectivity index (χ0v) is 8.61. The van der Waals surface area contributed by atoms with Crippen LogP contribution in [0.3, 0.4) is 0 Å². The van der Waals surface area contributed by atoms with E-state index in [4.69, 9.17) is 10.2 Å². The lowest BCUT2D eigenvalue weighted by Crippen LogP contribution is -2.24. The van der Waals surface area contributed by atoms with Crippen LogP contribution in [0.15, 0.2) is 0 Å². The zero-order valence-electron chi connectivity index (χ0n) is 8.61. The number of rotatable bonds is 8. The molecule has 0 aromatic carbocycles. The van der Waals surface area contributed by atoms with Crippen molar-refractivity contribution in [2.24, 2.45) is 0 Å². The quantitative estimate of drug-likeness (QED) is 0.509. The summed E-state index contributed by atoms with van der Waals surface area (Å²) in [4.78, 5) is 12.9. The Morgan fingerprint density at radius 3 is 2.57 bits per heavy atom. The molecule has 0 saturated carbocycles. The van der Waals surface area contributed by atoms with E-state index in [1.807, 2.05) is 11.9 Å². The minimum absolute atomic E-state index is 0.0686. The second-order valence-corrected chi connectivity index (χ2v) is 3.07. The molecule has 0 aromatic rings. The van der Waals surface area contributed by atoms with Gasteiger partial charge in [0.25, 0.3) is 0 Å². The summed E-state index contributed by atoms with van der Waals surface area (Å²) in [5.41, 5.74) is 0. The summed E-state index contributed by atoms with van der Waals surface area (Å²) in [5, 5.41) is 17.0. The molecular weight excluding hydrogens is 186 g/mol. The Labute approximate surface area is 84.3 Å². The highest BCUT2D eigenvalue weighted by Gasteiger charge is 2.04. The van der Waals surface area contributed by atoms with Crippen LogP contribution in [0.25, 0.3) is 0 Å². The van der Waals surface area contributed by atoms with Crippen LogP contribution in [0.1, 0.15) is 12.8 Å². The van der Waals surface area contributed by atoms with E-state index in [2.05, 4.69) is 4.74 Å². The highest BCUT2D eigenvalue weighted by molar-refractivity contribution is 5.69. The first-order chi connectivity index (χ1) is 6.70. The van der Waals surface area contributed by atoms with Crippen molar-refractivity contribution in [3.8, 4) is 0 Å². The van der Waals surface area contributed by atoms with Crippen molar-refractivity contribution in [2.45, 2.75) is 12.8 Å². The van der Waals surface area contributed by atoms with Crippen molar-refractivity contribution in [1.82, 2.24) is 4.90 Å². The van der Waals surface area contributed by atoms with Crippen LogP contribution in [0, 0.1) is 0 Å². The first-order valence-electron chi connectivity index (χ1n) is 4.76. The van der Waals surface area contributed by atoms with Crippen LogP contribution in [-0.4, -0.2) is 61.0 Å². The van der Waals surface area contributed by atoms with Crippen molar-refractivity contribution in [3.63, 3.8) is 0 Å². The molecule has 0 heterocycles. The highest BCUT2D eigenvalue weighted by atomic mass is 16.5. The molecule has 0 aliphatic heterocycles. The lowest BCUT2D eigenvalue weighted by molar-refractivity contribution is -0.144. The van der Waals surface area contributed by atoms with E-state index in [0.29, 0.717) is 19.4 Å². The first-order valence-corrected chi connectivity index (χ1v) is 4.76. The summed E-state index contributed by atoms with van der Waals surface area (Å²) < 4.78 is 4.68. The number of nitrogens with zero attached hydrogens (tertiary/aromatic N) is 1. The smallest absolute Gasteiger partial charge is 0.307 e. The average Bonchev–Trinajstić information content (AvgIpc) is 2.20. The largest absolute Gasteiger partial charge is 0.463 e. The third-order valence-electron chi connectivity index (χ3n) is 1.75. The standard InChI is InChI=1S/C9H19NO4/c1-10(4-2-6-11)5-3-9(13)14-8-7-12/h11-12H,2-8H2,1H3. The monoisotopic (exact) mass is 205 g/mol. The molecule has 5 heteroatoms. The summed E-state index contributed by atoms with van der Waals surface area (Å²) in [5.74, 6) is -0.296. The van der Waals surface area contributed by atoms with E-state index in [-0.39, 0.29) is 25.8 Å². The Balaban J connectivity index is 3.36. The predicted molar refractivity (Wildman–Crippen MR) is 51.9 cm³/mol. The fourth-order valence-electron chi connectivity index (χ4n) is 0.966. The third kappa shape index (κ3) is 7.97. The minimum atomic E-state index is -0.296. The Bertz CT molecular complexity index is 152. The second kappa shape index (κ2) is 8.93. The third-order valence-corrected chi connectivity index (χ3v) is 1.75. The normalized spacial score (nSPS) is 10.6. The Morgan fingerprint density at radius 1 is 1.29 bits per heavy atom. The Morgan fingerprint density at radius 2 is 2.00 bits per heavy atom. The van der Waals surface area contributed by atoms with Crippen LogP contribution in [0.4, 0.5) is 0 Å². The van der Waals surface area contributed by atoms with Crippen molar-refractivity contribution in [2.75, 3.05) is 40.0 Å². The van der Waals surface area contributed by atoms with Gasteiger partial charge in [-0.25, -0.2) is 0 Å². The van der Waals surface area contributed by atoms with E-state index >= 15 is 0 Å². The Kier molecular flexibility index (Phi) is 8.51. The maximum absolute atomic E-state index is 11.0. The predicted octanol–water partition coefficient (Wildman–Crippen LogP) is -0.774. The molecule has 0 saturated heterocycles. The lowest BCUT2D eigenvalue weighted by Gasteiger charge is -2.14. The number of carbonyl (C=O) groups excluding carboxylic acids is 1. The fourth-order valence-corrected chi connectivity index (χ4v) is 0.966. The van der Waals surface area contributed by atoms with E-state index in [1.165, 1.54) is 0 Å². The van der Waals surface area contributed by atoms with Crippen LogP contribution in [0.2, 0.25) is 0 Å². The van der Waals surface area contributed by atoms with E-state index < -0.39 is 0 Å². The number of aliphatic hydroxyl groups is 2. The molecule has 0 aliphatic carbocycles. The van der Waals surface area contributed by atoms with Gasteiger partial charge in [0.15, 0.2) is 0 Å². The minimum Gasteiger partial charge on any atom is -0.463 e. The molecule has 14 heavy (non-hydrogen) atoms. The number of carbonyl (C=O) groups is 1. The van der Waals surface area contributed by atoms with Gasteiger partial charge in [-0.05, 0) is 13.5 Å². The number of aliphatic hydroxyl groups excluding tert-OH is 2. The number of hydrogen-bond donors (Lipinski definition) is 2. The number of hydrogen-bond acceptors (Lipinski definition) is 5. The highest BCUT2D eigenvalue weighted by Crippen LogP contribution is 1.92. The fraction of sp³-hybridized carbons (Fsp3) is 0.889. The maximum Gasteiger partial charge on any atom is 0.307 e. The summed E-state index contributed by atoms with van der Waals surface area (Å²) in [7, 11) is 1.88. The van der Waals surface area contributed by atoms with Gasteiger partial charge in [0.05, 0.1) is 13.0 Å². The van der Waals surface area contributed by atoms with Gasteiger partial charge in [0, 0.05) is 19.7 Å². The molecule has 0 bridgehead atoms. The van der Waals surface area contributed by atoms with Gasteiger partial charge in [-0.3, -0.25) is 4.79 Å². The van der Waals surface area contributed by atoms with Gasteiger partial charge >= 0.3 is 5.97 Å². The van der Waals surface area contributed by atoms with Gasteiger partial charge in [-0.15, -0.1) is 0 Å². The van der Waals surface area contributed by atoms with Crippen LogP contribution < -0.4 is 0 Å². The molecule has 2 N–H and O–H groups in total. The van der Waals surface area contributed by atoms with Gasteiger partial charge in [0.1, 0.15) is 6.61 Å². The molecule has 0 radical (unpaired) electrons. The second-order valence-electron chi connectivity index (χ2n) is 3.07. The topological polar surface area (TPSA) is 70.0 Å². The van der Waals surface area contributed by atoms with Gasteiger partial charge < -0.3 is 19.8 Å². The van der Waals surface area contributed by atoms with Gasteiger partial charge in [-0.2, -0.15) is 0 Å². The van der Waals surface area contributed by atoms with E-state index in [1.54, 1.807) is 0 Å². The van der Waals surface area contributed by atoms with Crippen molar-refractivity contribution in [3.05, 3.63) is 0 Å². The SMILES string of the molecule is CN(CCCO)CCC(=O)OCCO. The van der Waals surface area contributed by atoms with E-state index in [0.717, 1.165) is 6.54 Å². The van der Waals surface area contributed by atoms with Crippen LogP contribution in [0.5, 0.6) is 0 Å². The van der Waals surface area contributed by atoms with Crippen molar-refractivity contribution >= 4 is 5.97 Å². The maximum atomic E-state index is 11.0. The summed E-state index contributed by atoms with van der Waals surface area (Å²) in [6.45, 7) is 1.48. The molecule has 0 aromatic heterocycles. The Hall–Kier alpha value is -0.650. The molecule has 0 unspecified atom stereocenters. The molecule has 0 spiro atoms. The lowest BCUT2D eigenvalue weighted by atomic mass is 10.3. The summed E-state index contributed by atoms with van der Waals surface area (Å²) in [6, 6.07) is 0. The van der Waals surface area contributed by atoms with Crippen molar-refractivity contribution in [1.29, 1.82) is 0 Å². The summed E-state index contributed by atoms with van der Waals surface area (Å²) >= 11 is 0. The molecule has 0 rings (SSSR count). The van der Waals surface area contributed by atoms with Crippen LogP contribution in [-0.2, 0) is 9.53 Å². The molecule has 0 fully saturated rings. The average molecular weight is 205 g/mol. The van der Waals surface area contributed by atoms with E-state index in [9.17, 15) is 4.79 Å². The van der Waals surface area contributed by atoms with Gasteiger partial charge in [0.2, 0.25) is 0 Å². The molecule has 0 amide bonds.